The number of benzene rings is 3. The third kappa shape index (κ3) is 5.09. The Morgan fingerprint density at radius 3 is 2.39 bits per heavy atom. The minimum Gasteiger partial charge on any atom is -0.368 e. The summed E-state index contributed by atoms with van der Waals surface area (Å²) in [5.41, 5.74) is 2.37. The zero-order valence-electron chi connectivity index (χ0n) is 19.1. The molecule has 9 heteroatoms. The van der Waals surface area contributed by atoms with Gasteiger partial charge in [-0.2, -0.15) is 13.2 Å². The summed E-state index contributed by atoms with van der Waals surface area (Å²) in [5.74, 6) is -0.0659. The lowest BCUT2D eigenvalue weighted by Gasteiger charge is -2.36. The van der Waals surface area contributed by atoms with E-state index >= 15 is 0 Å². The molecule has 5 nitrogen and oxygen atoms in total. The monoisotopic (exact) mass is 510 g/mol. The Kier molecular flexibility index (Phi) is 6.45. The van der Waals surface area contributed by atoms with E-state index in [-0.39, 0.29) is 11.4 Å². The molecule has 1 aromatic heterocycles. The van der Waals surface area contributed by atoms with Crippen molar-refractivity contribution in [3.05, 3.63) is 95.1 Å². The van der Waals surface area contributed by atoms with Crippen molar-refractivity contribution in [3.63, 3.8) is 0 Å². The van der Waals surface area contributed by atoms with Gasteiger partial charge in [0.1, 0.15) is 0 Å². The standard InChI is InChI=1S/C27H22ClF3N4O/c28-20-5-7-22(8-6-20)34-12-14-35(15-13-34)26(36)18-2-1-3-21(16-18)33-24-10-11-32-25-17-19(27(29,30)31)4-9-23(24)25/h1-11,16-17H,12-15H2,(H,32,33). The van der Waals surface area contributed by atoms with Crippen LogP contribution in [-0.2, 0) is 6.18 Å². The van der Waals surface area contributed by atoms with Gasteiger partial charge in [0.15, 0.2) is 0 Å². The lowest BCUT2D eigenvalue weighted by molar-refractivity contribution is -0.137. The second-order valence-corrected chi connectivity index (χ2v) is 8.99. The number of piperazine rings is 1. The second kappa shape index (κ2) is 9.70. The maximum absolute atomic E-state index is 13.2. The molecule has 0 aliphatic carbocycles. The molecule has 0 saturated carbocycles. The summed E-state index contributed by atoms with van der Waals surface area (Å²) in [7, 11) is 0. The molecule has 0 bridgehead atoms. The summed E-state index contributed by atoms with van der Waals surface area (Å²) < 4.78 is 39.2. The predicted octanol–water partition coefficient (Wildman–Crippen LogP) is 6.61. The van der Waals surface area contributed by atoms with E-state index in [9.17, 15) is 18.0 Å². The number of rotatable bonds is 4. The first-order chi connectivity index (χ1) is 17.3. The average molecular weight is 511 g/mol. The van der Waals surface area contributed by atoms with Crippen LogP contribution in [0.3, 0.4) is 0 Å². The number of amides is 1. The molecule has 0 atom stereocenters. The Bertz CT molecular complexity index is 1400. The van der Waals surface area contributed by atoms with Gasteiger partial charge in [-0.3, -0.25) is 9.78 Å². The third-order valence-electron chi connectivity index (χ3n) is 6.22. The van der Waals surface area contributed by atoms with E-state index in [4.69, 9.17) is 11.6 Å². The van der Waals surface area contributed by atoms with Gasteiger partial charge in [-0.05, 0) is 60.7 Å². The number of fused-ring (bicyclic) bond motifs is 1. The molecule has 184 valence electrons. The van der Waals surface area contributed by atoms with Gasteiger partial charge in [-0.25, -0.2) is 0 Å². The Morgan fingerprint density at radius 2 is 1.67 bits per heavy atom. The van der Waals surface area contributed by atoms with Crippen molar-refractivity contribution < 1.29 is 18.0 Å². The Hall–Kier alpha value is -3.78. The molecule has 1 aliphatic rings. The van der Waals surface area contributed by atoms with Gasteiger partial charge in [0, 0.05) is 65.4 Å². The summed E-state index contributed by atoms with van der Waals surface area (Å²) >= 11 is 5.98. The summed E-state index contributed by atoms with van der Waals surface area (Å²) in [4.78, 5) is 21.3. The van der Waals surface area contributed by atoms with Crippen molar-refractivity contribution in [1.29, 1.82) is 0 Å². The first-order valence-corrected chi connectivity index (χ1v) is 11.8. The van der Waals surface area contributed by atoms with Crippen molar-refractivity contribution in [2.75, 3.05) is 36.4 Å². The first kappa shape index (κ1) is 23.9. The molecule has 36 heavy (non-hydrogen) atoms. The van der Waals surface area contributed by atoms with Crippen LogP contribution in [0.15, 0.2) is 79.0 Å². The molecule has 0 radical (unpaired) electrons. The number of nitrogens with zero attached hydrogens (tertiary/aromatic N) is 3. The number of carbonyl (C=O) groups is 1. The number of nitrogens with one attached hydrogen (secondary N) is 1. The molecule has 1 aliphatic heterocycles. The molecule has 1 saturated heterocycles. The number of anilines is 3. The van der Waals surface area contributed by atoms with Crippen LogP contribution in [0, 0.1) is 0 Å². The maximum Gasteiger partial charge on any atom is 0.416 e. The molecule has 0 spiro atoms. The fourth-order valence-electron chi connectivity index (χ4n) is 4.32. The first-order valence-electron chi connectivity index (χ1n) is 11.4. The Morgan fingerprint density at radius 1 is 0.917 bits per heavy atom. The number of alkyl halides is 3. The van der Waals surface area contributed by atoms with Gasteiger partial charge >= 0.3 is 6.18 Å². The normalized spacial score (nSPS) is 14.2. The summed E-state index contributed by atoms with van der Waals surface area (Å²) in [5, 5.41) is 4.47. The van der Waals surface area contributed by atoms with Crippen LogP contribution in [0.5, 0.6) is 0 Å². The van der Waals surface area contributed by atoms with Gasteiger partial charge in [-0.1, -0.05) is 23.7 Å². The number of halogens is 4. The average Bonchev–Trinajstić information content (AvgIpc) is 2.88. The molecule has 1 N–H and O–H groups in total. The minimum atomic E-state index is -4.44. The zero-order chi connectivity index (χ0) is 25.3. The second-order valence-electron chi connectivity index (χ2n) is 8.55. The largest absolute Gasteiger partial charge is 0.416 e. The van der Waals surface area contributed by atoms with Crippen molar-refractivity contribution in [3.8, 4) is 0 Å². The van der Waals surface area contributed by atoms with Crippen LogP contribution in [0.1, 0.15) is 15.9 Å². The van der Waals surface area contributed by atoms with Crippen molar-refractivity contribution in [2.45, 2.75) is 6.18 Å². The van der Waals surface area contributed by atoms with E-state index in [1.807, 2.05) is 35.2 Å². The Labute approximate surface area is 211 Å². The van der Waals surface area contributed by atoms with Gasteiger partial charge in [0.25, 0.3) is 5.91 Å². The van der Waals surface area contributed by atoms with Crippen LogP contribution in [0.25, 0.3) is 10.9 Å². The number of carbonyl (C=O) groups excluding carboxylic acids is 1. The van der Waals surface area contributed by atoms with Crippen molar-refractivity contribution in [1.82, 2.24) is 9.88 Å². The predicted molar refractivity (Wildman–Crippen MR) is 136 cm³/mol. The molecule has 1 fully saturated rings. The maximum atomic E-state index is 13.2. The fourth-order valence-corrected chi connectivity index (χ4v) is 4.45. The molecule has 3 aromatic carbocycles. The SMILES string of the molecule is O=C(c1cccc(Nc2ccnc3cc(C(F)(F)F)ccc23)c1)N1CCN(c2ccc(Cl)cc2)CC1. The number of aromatic nitrogens is 1. The van der Waals surface area contributed by atoms with Crippen molar-refractivity contribution >= 4 is 45.5 Å². The van der Waals surface area contributed by atoms with E-state index in [2.05, 4.69) is 15.2 Å². The van der Waals surface area contributed by atoms with Gasteiger partial charge in [0.05, 0.1) is 11.1 Å². The molecule has 1 amide bonds. The highest BCUT2D eigenvalue weighted by Crippen LogP contribution is 2.33. The van der Waals surface area contributed by atoms with E-state index in [0.29, 0.717) is 53.5 Å². The Balaban J connectivity index is 1.29. The van der Waals surface area contributed by atoms with E-state index in [1.54, 1.807) is 24.3 Å². The number of pyridine rings is 1. The zero-order valence-corrected chi connectivity index (χ0v) is 19.9. The van der Waals surface area contributed by atoms with Crippen LogP contribution >= 0.6 is 11.6 Å². The number of hydrogen-bond donors (Lipinski definition) is 1. The molecule has 2 heterocycles. The van der Waals surface area contributed by atoms with Crippen LogP contribution < -0.4 is 10.2 Å². The lowest BCUT2D eigenvalue weighted by atomic mass is 10.1. The van der Waals surface area contributed by atoms with Gasteiger partial charge < -0.3 is 15.1 Å². The molecule has 5 rings (SSSR count). The smallest absolute Gasteiger partial charge is 0.368 e. The fraction of sp³-hybridized carbons (Fsp3) is 0.185. The number of hydrogen-bond acceptors (Lipinski definition) is 4. The van der Waals surface area contributed by atoms with Crippen LogP contribution in [-0.4, -0.2) is 42.0 Å². The molecule has 4 aromatic rings. The summed E-state index contributed by atoms with van der Waals surface area (Å²) in [6.45, 7) is 2.62. The third-order valence-corrected chi connectivity index (χ3v) is 6.47. The van der Waals surface area contributed by atoms with E-state index < -0.39 is 11.7 Å². The quantitative estimate of drug-likeness (QED) is 0.335. The highest BCUT2D eigenvalue weighted by molar-refractivity contribution is 6.30. The van der Waals surface area contributed by atoms with Gasteiger partial charge in [0.2, 0.25) is 0 Å². The van der Waals surface area contributed by atoms with Gasteiger partial charge in [-0.15, -0.1) is 0 Å². The topological polar surface area (TPSA) is 48.5 Å². The summed E-state index contributed by atoms with van der Waals surface area (Å²) in [6.07, 6.45) is -2.98. The molecule has 0 unspecified atom stereocenters. The van der Waals surface area contributed by atoms with Crippen LogP contribution in [0.2, 0.25) is 5.02 Å². The lowest BCUT2D eigenvalue weighted by Crippen LogP contribution is -2.48. The highest BCUT2D eigenvalue weighted by Gasteiger charge is 2.30. The summed E-state index contributed by atoms with van der Waals surface area (Å²) in [6, 6.07) is 19.9. The molecular weight excluding hydrogens is 489 g/mol. The van der Waals surface area contributed by atoms with Crippen LogP contribution in [0.4, 0.5) is 30.2 Å². The highest BCUT2D eigenvalue weighted by atomic mass is 35.5. The van der Waals surface area contributed by atoms with E-state index in [0.717, 1.165) is 17.8 Å². The minimum absolute atomic E-state index is 0.0659. The van der Waals surface area contributed by atoms with Crippen molar-refractivity contribution in [2.24, 2.45) is 0 Å². The molecular formula is C27H22ClF3N4O. The van der Waals surface area contributed by atoms with E-state index in [1.165, 1.54) is 12.3 Å².